The van der Waals surface area contributed by atoms with E-state index in [1.54, 1.807) is 14.0 Å². The van der Waals surface area contributed by atoms with E-state index >= 15 is 0 Å². The van der Waals surface area contributed by atoms with Crippen molar-refractivity contribution in [1.82, 2.24) is 10.1 Å². The predicted molar refractivity (Wildman–Crippen MR) is 69.4 cm³/mol. The van der Waals surface area contributed by atoms with Gasteiger partial charge in [-0.05, 0) is 41.1 Å². The van der Waals surface area contributed by atoms with E-state index in [4.69, 9.17) is 9.26 Å². The third-order valence-corrected chi connectivity index (χ3v) is 2.97. The van der Waals surface area contributed by atoms with Gasteiger partial charge in [-0.2, -0.15) is 4.98 Å². The van der Waals surface area contributed by atoms with Gasteiger partial charge in [-0.25, -0.2) is 0 Å². The zero-order valence-corrected chi connectivity index (χ0v) is 11.6. The number of nitrogens with zero attached hydrogens (tertiary/aromatic N) is 2. The van der Waals surface area contributed by atoms with Gasteiger partial charge in [0.05, 0.1) is 24.1 Å². The van der Waals surface area contributed by atoms with Crippen LogP contribution in [0.3, 0.4) is 0 Å². The van der Waals surface area contributed by atoms with Crippen molar-refractivity contribution in [3.8, 4) is 17.1 Å². The number of aliphatic hydroxyl groups is 1. The first-order chi connectivity index (χ1) is 8.60. The maximum Gasteiger partial charge on any atom is 0.229 e. The second-order valence-corrected chi connectivity index (χ2v) is 4.77. The van der Waals surface area contributed by atoms with E-state index in [0.717, 1.165) is 15.8 Å². The number of aromatic nitrogens is 2. The lowest BCUT2D eigenvalue weighted by molar-refractivity contribution is 0.181. The van der Waals surface area contributed by atoms with Gasteiger partial charge in [0.15, 0.2) is 0 Å². The van der Waals surface area contributed by atoms with Gasteiger partial charge < -0.3 is 14.4 Å². The fourth-order valence-corrected chi connectivity index (χ4v) is 2.05. The molecule has 2 rings (SSSR count). The van der Waals surface area contributed by atoms with E-state index in [9.17, 15) is 5.11 Å². The first-order valence-electron chi connectivity index (χ1n) is 5.44. The molecule has 0 spiro atoms. The molecule has 1 aromatic carbocycles. The predicted octanol–water partition coefficient (Wildman–Crippen LogP) is 2.43. The minimum Gasteiger partial charge on any atom is -0.496 e. The Balaban J connectivity index is 2.26. The van der Waals surface area contributed by atoms with Crippen molar-refractivity contribution in [2.24, 2.45) is 0 Å². The molecule has 1 unspecified atom stereocenters. The summed E-state index contributed by atoms with van der Waals surface area (Å²) in [5.74, 6) is 1.66. The van der Waals surface area contributed by atoms with Crippen LogP contribution >= 0.6 is 15.9 Å². The topological polar surface area (TPSA) is 68.4 Å². The highest BCUT2D eigenvalue weighted by Crippen LogP contribution is 2.29. The van der Waals surface area contributed by atoms with Crippen LogP contribution in [0.1, 0.15) is 12.8 Å². The van der Waals surface area contributed by atoms with Crippen molar-refractivity contribution in [3.05, 3.63) is 28.6 Å². The average molecular weight is 313 g/mol. The van der Waals surface area contributed by atoms with Crippen molar-refractivity contribution in [1.29, 1.82) is 0 Å². The van der Waals surface area contributed by atoms with Crippen molar-refractivity contribution >= 4 is 15.9 Å². The highest BCUT2D eigenvalue weighted by atomic mass is 79.9. The Morgan fingerprint density at radius 2 is 2.28 bits per heavy atom. The molecule has 1 heterocycles. The smallest absolute Gasteiger partial charge is 0.229 e. The van der Waals surface area contributed by atoms with Crippen LogP contribution in [0.15, 0.2) is 27.2 Å². The molecule has 96 valence electrons. The minimum atomic E-state index is -0.499. The molecule has 0 aliphatic rings. The molecular formula is C12H13BrN2O3. The van der Waals surface area contributed by atoms with Crippen molar-refractivity contribution in [3.63, 3.8) is 0 Å². The largest absolute Gasteiger partial charge is 0.496 e. The molecule has 1 atom stereocenters. The Morgan fingerprint density at radius 3 is 2.89 bits per heavy atom. The molecule has 5 nitrogen and oxygen atoms in total. The molecule has 0 bridgehead atoms. The normalized spacial score (nSPS) is 12.4. The van der Waals surface area contributed by atoms with Gasteiger partial charge in [-0.1, -0.05) is 5.16 Å². The van der Waals surface area contributed by atoms with E-state index in [1.807, 2.05) is 18.2 Å². The summed E-state index contributed by atoms with van der Waals surface area (Å²) in [5.41, 5.74) is 0.822. The number of halogens is 1. The monoisotopic (exact) mass is 312 g/mol. The molecule has 6 heteroatoms. The van der Waals surface area contributed by atoms with E-state index in [1.165, 1.54) is 0 Å². The molecule has 0 fully saturated rings. The van der Waals surface area contributed by atoms with Crippen LogP contribution in [-0.4, -0.2) is 28.5 Å². The Morgan fingerprint density at radius 1 is 1.50 bits per heavy atom. The molecule has 18 heavy (non-hydrogen) atoms. The summed E-state index contributed by atoms with van der Waals surface area (Å²) in [5, 5.41) is 13.1. The van der Waals surface area contributed by atoms with Gasteiger partial charge in [0.2, 0.25) is 11.7 Å². The quantitative estimate of drug-likeness (QED) is 0.939. The highest BCUT2D eigenvalue weighted by Gasteiger charge is 2.12. The standard InChI is InChI=1S/C12H13BrN2O3/c1-7(16)5-11-14-12(15-18-11)8-3-4-10(17-2)9(13)6-8/h3-4,6-7,16H,5H2,1-2H3. The number of hydrogen-bond donors (Lipinski definition) is 1. The third-order valence-electron chi connectivity index (χ3n) is 2.35. The molecule has 0 amide bonds. The highest BCUT2D eigenvalue weighted by molar-refractivity contribution is 9.10. The third kappa shape index (κ3) is 2.88. The van der Waals surface area contributed by atoms with Gasteiger partial charge in [-0.3, -0.25) is 0 Å². The van der Waals surface area contributed by atoms with Crippen LogP contribution in [0.25, 0.3) is 11.4 Å². The van der Waals surface area contributed by atoms with Crippen LogP contribution in [0, 0.1) is 0 Å². The fraction of sp³-hybridized carbons (Fsp3) is 0.333. The molecule has 0 aliphatic carbocycles. The van der Waals surface area contributed by atoms with E-state index in [2.05, 4.69) is 26.1 Å². The molecule has 2 aromatic rings. The van der Waals surface area contributed by atoms with Gasteiger partial charge in [0, 0.05) is 5.56 Å². The van der Waals surface area contributed by atoms with Crippen LogP contribution in [0.2, 0.25) is 0 Å². The molecule has 1 N–H and O–H groups in total. The maximum absolute atomic E-state index is 9.25. The van der Waals surface area contributed by atoms with E-state index in [0.29, 0.717) is 18.1 Å². The summed E-state index contributed by atoms with van der Waals surface area (Å²) < 4.78 is 11.0. The first-order valence-corrected chi connectivity index (χ1v) is 6.24. The summed E-state index contributed by atoms with van der Waals surface area (Å²) in [6.45, 7) is 1.67. The Kier molecular flexibility index (Phi) is 3.98. The molecule has 0 saturated heterocycles. The number of benzene rings is 1. The van der Waals surface area contributed by atoms with Crippen LogP contribution < -0.4 is 4.74 Å². The van der Waals surface area contributed by atoms with Crippen molar-refractivity contribution < 1.29 is 14.4 Å². The summed E-state index contributed by atoms with van der Waals surface area (Å²) in [7, 11) is 1.61. The van der Waals surface area contributed by atoms with Gasteiger partial charge in [-0.15, -0.1) is 0 Å². The Labute approximate surface area is 113 Å². The maximum atomic E-state index is 9.25. The molecule has 0 radical (unpaired) electrons. The number of rotatable bonds is 4. The van der Waals surface area contributed by atoms with Gasteiger partial charge >= 0.3 is 0 Å². The Hall–Kier alpha value is -1.40. The number of methoxy groups -OCH3 is 1. The van der Waals surface area contributed by atoms with Crippen LogP contribution in [-0.2, 0) is 6.42 Å². The number of hydrogen-bond acceptors (Lipinski definition) is 5. The SMILES string of the molecule is COc1ccc(-c2noc(CC(C)O)n2)cc1Br. The summed E-state index contributed by atoms with van der Waals surface area (Å²) in [6.07, 6.45) is -0.148. The van der Waals surface area contributed by atoms with Gasteiger partial charge in [0.25, 0.3) is 0 Å². The zero-order valence-electron chi connectivity index (χ0n) is 10.1. The average Bonchev–Trinajstić information content (AvgIpc) is 2.76. The molecule has 1 aromatic heterocycles. The van der Waals surface area contributed by atoms with E-state index < -0.39 is 6.10 Å². The van der Waals surface area contributed by atoms with Crippen LogP contribution in [0.5, 0.6) is 5.75 Å². The van der Waals surface area contributed by atoms with Crippen molar-refractivity contribution in [2.45, 2.75) is 19.4 Å². The van der Waals surface area contributed by atoms with E-state index in [-0.39, 0.29) is 0 Å². The van der Waals surface area contributed by atoms with Crippen LogP contribution in [0.4, 0.5) is 0 Å². The summed E-state index contributed by atoms with van der Waals surface area (Å²) in [4.78, 5) is 4.22. The lowest BCUT2D eigenvalue weighted by Gasteiger charge is -2.03. The van der Waals surface area contributed by atoms with Gasteiger partial charge in [0.1, 0.15) is 5.75 Å². The summed E-state index contributed by atoms with van der Waals surface area (Å²) in [6, 6.07) is 5.53. The second-order valence-electron chi connectivity index (χ2n) is 3.91. The lowest BCUT2D eigenvalue weighted by Crippen LogP contribution is -2.04. The van der Waals surface area contributed by atoms with Crippen molar-refractivity contribution in [2.75, 3.05) is 7.11 Å². The molecule has 0 aliphatic heterocycles. The first kappa shape index (κ1) is 13.0. The fourth-order valence-electron chi connectivity index (χ4n) is 1.51. The summed E-state index contributed by atoms with van der Waals surface area (Å²) >= 11 is 3.40. The number of aliphatic hydroxyl groups excluding tert-OH is 1. The lowest BCUT2D eigenvalue weighted by atomic mass is 10.2. The molecule has 0 saturated carbocycles. The zero-order chi connectivity index (χ0) is 13.1. The molecular weight excluding hydrogens is 300 g/mol. The second kappa shape index (κ2) is 5.49. The number of ether oxygens (including phenoxy) is 1. The minimum absolute atomic E-state index is 0.352. The Bertz CT molecular complexity index is 540.